The van der Waals surface area contributed by atoms with E-state index in [0.29, 0.717) is 5.82 Å². The van der Waals surface area contributed by atoms with E-state index in [1.807, 2.05) is 47.7 Å². The van der Waals surface area contributed by atoms with Gasteiger partial charge in [0.15, 0.2) is 5.82 Å². The summed E-state index contributed by atoms with van der Waals surface area (Å²) in [5.74, 6) is 0.701. The molecule has 0 saturated carbocycles. The highest BCUT2D eigenvalue weighted by atomic mass is 32.1. The number of rotatable bonds is 6. The number of furan rings is 1. The number of fused-ring (bicyclic) bond motifs is 6. The van der Waals surface area contributed by atoms with Crippen LogP contribution in [-0.2, 0) is 0 Å². The molecule has 0 saturated heterocycles. The second-order valence-electron chi connectivity index (χ2n) is 14.2. The van der Waals surface area contributed by atoms with Crippen LogP contribution in [0.25, 0.3) is 109 Å². The standard InChI is InChI=1S/C52H32N2OS/c1-3-12-35(13-4-1)46-32-47(54-52(53-46)36-14-5-2-6-15-36)40-29-38(28-39(30-40)41-18-11-19-44-43-17-8-10-21-50(43)56-51(41)44)34-24-22-33(23-25-34)37-26-27-49-45(31-37)42-16-7-9-20-48(42)55-49/h1-32H. The van der Waals surface area contributed by atoms with Gasteiger partial charge in [-0.2, -0.15) is 0 Å². The first-order chi connectivity index (χ1) is 27.7. The van der Waals surface area contributed by atoms with Crippen LogP contribution in [0.5, 0.6) is 0 Å². The van der Waals surface area contributed by atoms with Crippen molar-refractivity contribution in [2.45, 2.75) is 0 Å². The van der Waals surface area contributed by atoms with Gasteiger partial charge in [0.05, 0.1) is 11.4 Å². The van der Waals surface area contributed by atoms with Gasteiger partial charge in [0.1, 0.15) is 11.2 Å². The molecule has 8 aromatic carbocycles. The third-order valence-electron chi connectivity index (χ3n) is 10.7. The summed E-state index contributed by atoms with van der Waals surface area (Å²) in [4.78, 5) is 10.3. The maximum absolute atomic E-state index is 6.12. The predicted octanol–water partition coefficient (Wildman–Crippen LogP) is 14.7. The lowest BCUT2D eigenvalue weighted by atomic mass is 9.93. The molecule has 0 unspecified atom stereocenters. The topological polar surface area (TPSA) is 38.9 Å². The monoisotopic (exact) mass is 732 g/mol. The molecular formula is C52H32N2OS. The lowest BCUT2D eigenvalue weighted by molar-refractivity contribution is 0.669. The minimum Gasteiger partial charge on any atom is -0.456 e. The Balaban J connectivity index is 1.09. The number of para-hydroxylation sites is 1. The third kappa shape index (κ3) is 5.67. The van der Waals surface area contributed by atoms with Crippen molar-refractivity contribution >= 4 is 53.4 Å². The first-order valence-corrected chi connectivity index (χ1v) is 19.6. The van der Waals surface area contributed by atoms with Crippen LogP contribution >= 0.6 is 11.3 Å². The normalized spacial score (nSPS) is 11.6. The minimum atomic E-state index is 0.701. The van der Waals surface area contributed by atoms with Crippen molar-refractivity contribution in [1.29, 1.82) is 0 Å². The molecule has 0 aliphatic heterocycles. The molecule has 0 N–H and O–H groups in total. The van der Waals surface area contributed by atoms with Crippen LogP contribution in [0.2, 0.25) is 0 Å². The highest BCUT2D eigenvalue weighted by Crippen LogP contribution is 2.42. The lowest BCUT2D eigenvalue weighted by Gasteiger charge is -2.14. The van der Waals surface area contributed by atoms with Gasteiger partial charge >= 0.3 is 0 Å². The first-order valence-electron chi connectivity index (χ1n) is 18.8. The largest absolute Gasteiger partial charge is 0.456 e. The Bertz CT molecular complexity index is 3180. The van der Waals surface area contributed by atoms with Crippen LogP contribution in [0.15, 0.2) is 199 Å². The second kappa shape index (κ2) is 13.3. The maximum atomic E-state index is 6.12. The molecule has 0 aliphatic carbocycles. The molecule has 0 amide bonds. The number of hydrogen-bond acceptors (Lipinski definition) is 4. The molecule has 56 heavy (non-hydrogen) atoms. The van der Waals surface area contributed by atoms with Crippen molar-refractivity contribution in [3.05, 3.63) is 194 Å². The van der Waals surface area contributed by atoms with Gasteiger partial charge in [-0.05, 0) is 81.9 Å². The summed E-state index contributed by atoms with van der Waals surface area (Å²) >= 11 is 1.86. The van der Waals surface area contributed by atoms with Gasteiger partial charge in [0.2, 0.25) is 0 Å². The fourth-order valence-corrected chi connectivity index (χ4v) is 9.14. The van der Waals surface area contributed by atoms with Gasteiger partial charge in [0.25, 0.3) is 0 Å². The zero-order valence-electron chi connectivity index (χ0n) is 30.2. The molecule has 0 fully saturated rings. The number of thiophene rings is 1. The van der Waals surface area contributed by atoms with Gasteiger partial charge in [-0.25, -0.2) is 9.97 Å². The summed E-state index contributed by atoms with van der Waals surface area (Å²) in [6, 6.07) is 68.7. The fraction of sp³-hybridized carbons (Fsp3) is 0. The van der Waals surface area contributed by atoms with E-state index in [9.17, 15) is 0 Å². The van der Waals surface area contributed by atoms with Crippen LogP contribution in [-0.4, -0.2) is 9.97 Å². The van der Waals surface area contributed by atoms with Gasteiger partial charge in [-0.3, -0.25) is 0 Å². The van der Waals surface area contributed by atoms with E-state index in [1.165, 1.54) is 25.7 Å². The minimum absolute atomic E-state index is 0.701. The Morgan fingerprint density at radius 3 is 1.73 bits per heavy atom. The summed E-state index contributed by atoms with van der Waals surface area (Å²) in [5.41, 5.74) is 13.6. The number of benzene rings is 8. The van der Waals surface area contributed by atoms with E-state index >= 15 is 0 Å². The van der Waals surface area contributed by atoms with Crippen LogP contribution in [0.3, 0.4) is 0 Å². The molecule has 11 rings (SSSR count). The molecule has 3 aromatic heterocycles. The van der Waals surface area contributed by atoms with Gasteiger partial charge in [0, 0.05) is 47.6 Å². The number of nitrogens with zero attached hydrogens (tertiary/aromatic N) is 2. The molecule has 3 nitrogen and oxygen atoms in total. The number of hydrogen-bond donors (Lipinski definition) is 0. The lowest BCUT2D eigenvalue weighted by Crippen LogP contribution is -1.96. The van der Waals surface area contributed by atoms with Crippen molar-refractivity contribution in [3.8, 4) is 67.3 Å². The summed E-state index contributed by atoms with van der Waals surface area (Å²) < 4.78 is 8.69. The molecule has 0 atom stereocenters. The van der Waals surface area contributed by atoms with E-state index in [2.05, 4.69) is 158 Å². The van der Waals surface area contributed by atoms with E-state index in [0.717, 1.165) is 77.8 Å². The molecule has 4 heteroatoms. The average molecular weight is 733 g/mol. The highest BCUT2D eigenvalue weighted by molar-refractivity contribution is 7.26. The number of aromatic nitrogens is 2. The predicted molar refractivity (Wildman–Crippen MR) is 235 cm³/mol. The van der Waals surface area contributed by atoms with Crippen LogP contribution in [0.1, 0.15) is 0 Å². The van der Waals surface area contributed by atoms with Crippen molar-refractivity contribution in [3.63, 3.8) is 0 Å². The van der Waals surface area contributed by atoms with E-state index in [-0.39, 0.29) is 0 Å². The molecule has 11 aromatic rings. The highest BCUT2D eigenvalue weighted by Gasteiger charge is 2.16. The second-order valence-corrected chi connectivity index (χ2v) is 15.2. The molecule has 262 valence electrons. The summed E-state index contributed by atoms with van der Waals surface area (Å²) in [7, 11) is 0. The Morgan fingerprint density at radius 2 is 0.929 bits per heavy atom. The first kappa shape index (κ1) is 32.3. The molecule has 0 spiro atoms. The molecule has 0 radical (unpaired) electrons. The van der Waals surface area contributed by atoms with Crippen molar-refractivity contribution in [2.75, 3.05) is 0 Å². The van der Waals surface area contributed by atoms with E-state index in [1.54, 1.807) is 0 Å². The maximum Gasteiger partial charge on any atom is 0.160 e. The van der Waals surface area contributed by atoms with E-state index in [4.69, 9.17) is 14.4 Å². The summed E-state index contributed by atoms with van der Waals surface area (Å²) in [5, 5.41) is 4.83. The van der Waals surface area contributed by atoms with Gasteiger partial charge in [-0.15, -0.1) is 11.3 Å². The molecule has 0 aliphatic rings. The fourth-order valence-electron chi connectivity index (χ4n) is 7.90. The molecule has 3 heterocycles. The molecule has 0 bridgehead atoms. The molecular weight excluding hydrogens is 701 g/mol. The zero-order chi connectivity index (χ0) is 37.0. The summed E-state index contributed by atoms with van der Waals surface area (Å²) in [6.45, 7) is 0. The Labute approximate surface area is 327 Å². The van der Waals surface area contributed by atoms with Crippen LogP contribution in [0.4, 0.5) is 0 Å². The smallest absolute Gasteiger partial charge is 0.160 e. The van der Waals surface area contributed by atoms with E-state index < -0.39 is 0 Å². The average Bonchev–Trinajstić information content (AvgIpc) is 3.85. The van der Waals surface area contributed by atoms with Crippen LogP contribution in [0, 0.1) is 0 Å². The van der Waals surface area contributed by atoms with Gasteiger partial charge < -0.3 is 4.42 Å². The summed E-state index contributed by atoms with van der Waals surface area (Å²) in [6.07, 6.45) is 0. The van der Waals surface area contributed by atoms with Crippen molar-refractivity contribution in [2.24, 2.45) is 0 Å². The SMILES string of the molecule is c1ccc(-c2cc(-c3cc(-c4ccc(-c5ccc6oc7ccccc7c6c5)cc4)cc(-c4cccc5c4sc4ccccc45)c3)nc(-c3ccccc3)n2)cc1. The van der Waals surface area contributed by atoms with Crippen LogP contribution < -0.4 is 0 Å². The Morgan fingerprint density at radius 1 is 0.339 bits per heavy atom. The quantitative estimate of drug-likeness (QED) is 0.171. The van der Waals surface area contributed by atoms with Crippen molar-refractivity contribution < 1.29 is 4.42 Å². The van der Waals surface area contributed by atoms with Crippen molar-refractivity contribution in [1.82, 2.24) is 9.97 Å². The van der Waals surface area contributed by atoms with Gasteiger partial charge in [-0.1, -0.05) is 146 Å². The Hall–Kier alpha value is -7.14. The third-order valence-corrected chi connectivity index (χ3v) is 11.9. The Kier molecular flexibility index (Phi) is 7.68. The zero-order valence-corrected chi connectivity index (χ0v) is 31.0.